The molecule has 24 heavy (non-hydrogen) atoms. The van der Waals surface area contributed by atoms with Crippen LogP contribution in [-0.4, -0.2) is 10.9 Å². The van der Waals surface area contributed by atoms with Gasteiger partial charge in [-0.15, -0.1) is 0 Å². The van der Waals surface area contributed by atoms with Crippen molar-refractivity contribution in [1.82, 2.24) is 4.98 Å². The number of aryl methyl sites for hydroxylation is 1. The van der Waals surface area contributed by atoms with Crippen molar-refractivity contribution in [3.05, 3.63) is 47.8 Å². The van der Waals surface area contributed by atoms with Gasteiger partial charge in [0.1, 0.15) is 5.82 Å². The van der Waals surface area contributed by atoms with Crippen LogP contribution in [0.2, 0.25) is 0 Å². The topological polar surface area (TPSA) is 42.0 Å². The molecule has 4 rings (SSSR count). The van der Waals surface area contributed by atoms with Crippen molar-refractivity contribution in [2.24, 2.45) is 5.92 Å². The number of nitrogens with one attached hydrogen (secondary N) is 1. The molecule has 3 nitrogen and oxygen atoms in total. The highest BCUT2D eigenvalue weighted by molar-refractivity contribution is 7.22. The minimum absolute atomic E-state index is 0.0606. The number of benzene rings is 2. The fraction of sp³-hybridized carbons (Fsp3) is 0.263. The van der Waals surface area contributed by atoms with E-state index in [1.807, 2.05) is 31.2 Å². The van der Waals surface area contributed by atoms with E-state index in [-0.39, 0.29) is 17.6 Å². The number of carbonyl (C=O) groups excluding carboxylic acids is 1. The number of halogens is 1. The Hall–Kier alpha value is -2.27. The molecule has 1 heterocycles. The number of amides is 1. The summed E-state index contributed by atoms with van der Waals surface area (Å²) in [5.74, 6) is -0.0310. The van der Waals surface area contributed by atoms with E-state index in [4.69, 9.17) is 0 Å². The van der Waals surface area contributed by atoms with Crippen molar-refractivity contribution in [1.29, 1.82) is 0 Å². The molecule has 0 atom stereocenters. The Morgan fingerprint density at radius 3 is 2.83 bits per heavy atom. The number of nitrogens with zero attached hydrogens (tertiary/aromatic N) is 1. The Bertz CT molecular complexity index is 910. The molecule has 1 saturated carbocycles. The number of aromatic nitrogens is 1. The lowest BCUT2D eigenvalue weighted by molar-refractivity contribution is -0.122. The molecular weight excluding hydrogens is 323 g/mol. The van der Waals surface area contributed by atoms with E-state index in [0.717, 1.165) is 40.6 Å². The number of thiazole rings is 1. The van der Waals surface area contributed by atoms with Crippen LogP contribution in [0.1, 0.15) is 24.8 Å². The maximum absolute atomic E-state index is 14.2. The summed E-state index contributed by atoms with van der Waals surface area (Å²) in [6, 6.07) is 10.8. The first kappa shape index (κ1) is 15.3. The summed E-state index contributed by atoms with van der Waals surface area (Å²) in [6.07, 6.45) is 3.06. The van der Waals surface area contributed by atoms with Crippen LogP contribution in [0.4, 0.5) is 9.52 Å². The SMILES string of the molecule is Cc1cccc(F)c1-c1ccc2nc(NC(=O)C3CCC3)sc2c1. The van der Waals surface area contributed by atoms with Crippen LogP contribution in [0.5, 0.6) is 0 Å². The summed E-state index contributed by atoms with van der Waals surface area (Å²) in [6.45, 7) is 1.90. The third-order valence-electron chi connectivity index (χ3n) is 4.61. The van der Waals surface area contributed by atoms with Gasteiger partial charge in [-0.3, -0.25) is 4.79 Å². The number of carbonyl (C=O) groups is 1. The smallest absolute Gasteiger partial charge is 0.229 e. The molecule has 0 spiro atoms. The molecule has 0 aliphatic heterocycles. The van der Waals surface area contributed by atoms with Crippen molar-refractivity contribution in [2.45, 2.75) is 26.2 Å². The monoisotopic (exact) mass is 340 g/mol. The first-order valence-electron chi connectivity index (χ1n) is 8.09. The van der Waals surface area contributed by atoms with Crippen molar-refractivity contribution >= 4 is 32.6 Å². The predicted molar refractivity (Wildman–Crippen MR) is 95.7 cm³/mol. The van der Waals surface area contributed by atoms with Crippen LogP contribution in [0.3, 0.4) is 0 Å². The van der Waals surface area contributed by atoms with Gasteiger partial charge < -0.3 is 5.32 Å². The third kappa shape index (κ3) is 2.69. The summed E-state index contributed by atoms with van der Waals surface area (Å²) in [5, 5.41) is 3.52. The number of hydrogen-bond donors (Lipinski definition) is 1. The fourth-order valence-corrected chi connectivity index (χ4v) is 3.92. The lowest BCUT2D eigenvalue weighted by Crippen LogP contribution is -2.27. The average Bonchev–Trinajstić information content (AvgIpc) is 2.86. The minimum Gasteiger partial charge on any atom is -0.302 e. The highest BCUT2D eigenvalue weighted by Crippen LogP contribution is 2.34. The Labute approximate surface area is 143 Å². The summed E-state index contributed by atoms with van der Waals surface area (Å²) in [5.41, 5.74) is 3.17. The largest absolute Gasteiger partial charge is 0.302 e. The van der Waals surface area contributed by atoms with Gasteiger partial charge in [-0.1, -0.05) is 36.0 Å². The van der Waals surface area contributed by atoms with Crippen LogP contribution >= 0.6 is 11.3 Å². The first-order valence-corrected chi connectivity index (χ1v) is 8.90. The van der Waals surface area contributed by atoms with Gasteiger partial charge in [0.05, 0.1) is 10.2 Å². The van der Waals surface area contributed by atoms with Crippen LogP contribution in [-0.2, 0) is 4.79 Å². The van der Waals surface area contributed by atoms with Crippen molar-refractivity contribution in [2.75, 3.05) is 5.32 Å². The zero-order valence-corrected chi connectivity index (χ0v) is 14.1. The molecule has 3 aromatic rings. The molecule has 0 bridgehead atoms. The second kappa shape index (κ2) is 5.98. The zero-order valence-electron chi connectivity index (χ0n) is 13.3. The normalized spacial score (nSPS) is 14.6. The van der Waals surface area contributed by atoms with E-state index in [0.29, 0.717) is 10.7 Å². The second-order valence-electron chi connectivity index (χ2n) is 6.25. The molecule has 1 fully saturated rings. The number of fused-ring (bicyclic) bond motifs is 1. The van der Waals surface area contributed by atoms with Gasteiger partial charge in [-0.2, -0.15) is 0 Å². The standard InChI is InChI=1S/C19H17FN2OS/c1-11-4-2-7-14(20)17(11)13-8-9-15-16(10-13)24-19(21-15)22-18(23)12-5-3-6-12/h2,4,7-10,12H,3,5-6H2,1H3,(H,21,22,23). The van der Waals surface area contributed by atoms with Gasteiger partial charge in [0, 0.05) is 11.5 Å². The highest BCUT2D eigenvalue weighted by Gasteiger charge is 2.25. The summed E-state index contributed by atoms with van der Waals surface area (Å²) >= 11 is 1.43. The molecule has 1 amide bonds. The van der Waals surface area contributed by atoms with E-state index < -0.39 is 0 Å². The molecule has 1 aliphatic carbocycles. The third-order valence-corrected chi connectivity index (χ3v) is 5.54. The van der Waals surface area contributed by atoms with E-state index in [1.165, 1.54) is 17.4 Å². The zero-order chi connectivity index (χ0) is 16.7. The molecule has 1 N–H and O–H groups in total. The molecule has 5 heteroatoms. The lowest BCUT2D eigenvalue weighted by Gasteiger charge is -2.23. The quantitative estimate of drug-likeness (QED) is 0.716. The lowest BCUT2D eigenvalue weighted by atomic mass is 9.85. The van der Waals surface area contributed by atoms with E-state index in [1.54, 1.807) is 6.07 Å². The number of rotatable bonds is 3. The van der Waals surface area contributed by atoms with Crippen LogP contribution in [0, 0.1) is 18.7 Å². The van der Waals surface area contributed by atoms with Crippen LogP contribution < -0.4 is 5.32 Å². The Morgan fingerprint density at radius 1 is 1.29 bits per heavy atom. The maximum Gasteiger partial charge on any atom is 0.229 e. The molecule has 2 aromatic carbocycles. The van der Waals surface area contributed by atoms with E-state index >= 15 is 0 Å². The van der Waals surface area contributed by atoms with Gasteiger partial charge in [0.25, 0.3) is 0 Å². The second-order valence-corrected chi connectivity index (χ2v) is 7.28. The molecule has 1 aliphatic rings. The Balaban J connectivity index is 1.67. The van der Waals surface area contributed by atoms with Crippen LogP contribution in [0.15, 0.2) is 36.4 Å². The van der Waals surface area contributed by atoms with E-state index in [2.05, 4.69) is 10.3 Å². The van der Waals surface area contributed by atoms with Gasteiger partial charge >= 0.3 is 0 Å². The number of hydrogen-bond acceptors (Lipinski definition) is 3. The summed E-state index contributed by atoms with van der Waals surface area (Å²) in [4.78, 5) is 16.5. The van der Waals surface area contributed by atoms with Crippen molar-refractivity contribution in [3.63, 3.8) is 0 Å². The van der Waals surface area contributed by atoms with Gasteiger partial charge in [0.2, 0.25) is 5.91 Å². The van der Waals surface area contributed by atoms with Crippen molar-refractivity contribution < 1.29 is 9.18 Å². The highest BCUT2D eigenvalue weighted by atomic mass is 32.1. The molecule has 1 aromatic heterocycles. The van der Waals surface area contributed by atoms with Gasteiger partial charge in [-0.05, 0) is 49.1 Å². The van der Waals surface area contributed by atoms with Gasteiger partial charge in [-0.25, -0.2) is 9.37 Å². The molecule has 122 valence electrons. The molecular formula is C19H17FN2OS. The Kier molecular flexibility index (Phi) is 3.81. The molecule has 0 unspecified atom stereocenters. The van der Waals surface area contributed by atoms with E-state index in [9.17, 15) is 9.18 Å². The predicted octanol–water partition coefficient (Wildman–Crippen LogP) is 5.15. The minimum atomic E-state index is -0.225. The molecule has 0 radical (unpaired) electrons. The molecule has 0 saturated heterocycles. The van der Waals surface area contributed by atoms with Crippen molar-refractivity contribution in [3.8, 4) is 11.1 Å². The van der Waals surface area contributed by atoms with Gasteiger partial charge in [0.15, 0.2) is 5.13 Å². The average molecular weight is 340 g/mol. The van der Waals surface area contributed by atoms with Crippen LogP contribution in [0.25, 0.3) is 21.3 Å². The fourth-order valence-electron chi connectivity index (χ4n) is 3.01. The number of anilines is 1. The maximum atomic E-state index is 14.2. The Morgan fingerprint density at radius 2 is 2.12 bits per heavy atom. The first-order chi connectivity index (χ1) is 11.6. The summed E-state index contributed by atoms with van der Waals surface area (Å²) < 4.78 is 15.1. The summed E-state index contributed by atoms with van der Waals surface area (Å²) in [7, 11) is 0.